The van der Waals surface area contributed by atoms with E-state index in [1.165, 1.54) is 18.3 Å². The first kappa shape index (κ1) is 15.9. The molecule has 1 aromatic rings. The van der Waals surface area contributed by atoms with Gasteiger partial charge in [-0.15, -0.1) is 11.3 Å². The summed E-state index contributed by atoms with van der Waals surface area (Å²) in [6, 6.07) is 0. The maximum absolute atomic E-state index is 11.5. The summed E-state index contributed by atoms with van der Waals surface area (Å²) in [5.74, 6) is -0.996. The molecule has 1 amide bonds. The number of nitrogens with zero attached hydrogens (tertiary/aromatic N) is 3. The number of carbonyl (C=O) groups is 2. The van der Waals surface area contributed by atoms with Crippen molar-refractivity contribution in [1.29, 1.82) is 0 Å². The molecule has 1 unspecified atom stereocenters. The van der Waals surface area contributed by atoms with Gasteiger partial charge in [0, 0.05) is 38.5 Å². The van der Waals surface area contributed by atoms with Gasteiger partial charge in [0.2, 0.25) is 5.91 Å². The highest BCUT2D eigenvalue weighted by Gasteiger charge is 2.41. The van der Waals surface area contributed by atoms with Crippen molar-refractivity contribution in [3.63, 3.8) is 0 Å². The fraction of sp³-hybridized carbons (Fsp3) is 0.615. The van der Waals surface area contributed by atoms with Crippen molar-refractivity contribution in [3.8, 4) is 0 Å². The number of anilines is 1. The van der Waals surface area contributed by atoms with Crippen LogP contribution in [-0.2, 0) is 16.1 Å². The Kier molecular flexibility index (Phi) is 4.60. The van der Waals surface area contributed by atoms with Gasteiger partial charge < -0.3 is 10.8 Å². The van der Waals surface area contributed by atoms with E-state index < -0.39 is 11.5 Å². The third kappa shape index (κ3) is 3.39. The monoisotopic (exact) mass is 312 g/mol. The van der Waals surface area contributed by atoms with E-state index in [1.54, 1.807) is 4.90 Å². The van der Waals surface area contributed by atoms with Crippen molar-refractivity contribution < 1.29 is 14.7 Å². The first-order chi connectivity index (χ1) is 9.85. The Morgan fingerprint density at radius 3 is 2.86 bits per heavy atom. The van der Waals surface area contributed by atoms with Crippen LogP contribution in [0, 0.1) is 0 Å². The Balaban J connectivity index is 2.01. The summed E-state index contributed by atoms with van der Waals surface area (Å²) in [6.07, 6.45) is 0.438. The number of carbonyl (C=O) groups excluding carboxylic acids is 1. The van der Waals surface area contributed by atoms with Gasteiger partial charge in [-0.2, -0.15) is 0 Å². The molecule has 0 radical (unpaired) electrons. The number of carboxylic acids is 1. The van der Waals surface area contributed by atoms with Gasteiger partial charge in [-0.05, 0) is 13.3 Å². The lowest BCUT2D eigenvalue weighted by Crippen LogP contribution is -2.50. The molecule has 0 aliphatic carbocycles. The van der Waals surface area contributed by atoms with Crippen LogP contribution in [0.5, 0.6) is 0 Å². The Morgan fingerprint density at radius 1 is 1.62 bits per heavy atom. The molecule has 116 valence electrons. The van der Waals surface area contributed by atoms with Crippen molar-refractivity contribution in [2.75, 3.05) is 24.5 Å². The molecule has 1 saturated heterocycles. The topological polar surface area (TPSA) is 99.8 Å². The van der Waals surface area contributed by atoms with Crippen LogP contribution in [0.1, 0.15) is 26.0 Å². The van der Waals surface area contributed by atoms with E-state index in [0.717, 1.165) is 5.69 Å². The molecule has 0 saturated carbocycles. The molecule has 1 aliphatic rings. The maximum atomic E-state index is 11.5. The van der Waals surface area contributed by atoms with Crippen LogP contribution >= 0.6 is 11.3 Å². The second-order valence-electron chi connectivity index (χ2n) is 5.31. The molecule has 7 nitrogen and oxygen atoms in total. The van der Waals surface area contributed by atoms with Gasteiger partial charge in [-0.3, -0.25) is 19.4 Å². The number of rotatable bonds is 5. The lowest BCUT2D eigenvalue weighted by Gasteiger charge is -2.19. The Labute approximate surface area is 127 Å². The fourth-order valence-electron chi connectivity index (χ4n) is 2.44. The normalized spacial score (nSPS) is 22.4. The molecule has 1 aromatic heterocycles. The summed E-state index contributed by atoms with van der Waals surface area (Å²) in [7, 11) is 0. The van der Waals surface area contributed by atoms with Gasteiger partial charge in [0.1, 0.15) is 5.54 Å². The minimum absolute atomic E-state index is 0.0357. The van der Waals surface area contributed by atoms with Crippen LogP contribution in [0.25, 0.3) is 0 Å². The Hall–Kier alpha value is -1.51. The maximum Gasteiger partial charge on any atom is 0.325 e. The van der Waals surface area contributed by atoms with Gasteiger partial charge >= 0.3 is 5.97 Å². The van der Waals surface area contributed by atoms with Crippen molar-refractivity contribution in [3.05, 3.63) is 11.1 Å². The van der Waals surface area contributed by atoms with E-state index in [-0.39, 0.29) is 5.91 Å². The third-order valence-corrected chi connectivity index (χ3v) is 4.57. The Bertz CT molecular complexity index is 547. The number of thiazole rings is 1. The van der Waals surface area contributed by atoms with Crippen LogP contribution in [0.4, 0.5) is 5.13 Å². The quantitative estimate of drug-likeness (QED) is 0.821. The predicted octanol–water partition coefficient (Wildman–Crippen LogP) is 0.504. The van der Waals surface area contributed by atoms with Crippen molar-refractivity contribution in [2.24, 2.45) is 5.73 Å². The van der Waals surface area contributed by atoms with E-state index in [9.17, 15) is 9.59 Å². The number of aliphatic carboxylic acids is 1. The smallest absolute Gasteiger partial charge is 0.325 e. The van der Waals surface area contributed by atoms with Crippen molar-refractivity contribution in [1.82, 2.24) is 9.88 Å². The molecule has 8 heteroatoms. The standard InChI is InChI=1S/C13H20N4O3S/c1-3-17(9(2)18)12-15-10(7-21-12)6-16-5-4-13(14,8-16)11(19)20/h7H,3-6,8,14H2,1-2H3,(H,19,20). The highest BCUT2D eigenvalue weighted by atomic mass is 32.1. The lowest BCUT2D eigenvalue weighted by atomic mass is 10.0. The SMILES string of the molecule is CCN(C(C)=O)c1nc(CN2CCC(N)(C(=O)O)C2)cs1. The molecule has 2 rings (SSSR count). The summed E-state index contributed by atoms with van der Waals surface area (Å²) in [4.78, 5) is 30.7. The largest absolute Gasteiger partial charge is 0.480 e. The van der Waals surface area contributed by atoms with E-state index in [4.69, 9.17) is 10.8 Å². The molecule has 0 aromatic carbocycles. The molecule has 0 spiro atoms. The second kappa shape index (κ2) is 6.08. The number of hydrogen-bond acceptors (Lipinski definition) is 6. The number of aromatic nitrogens is 1. The molecular weight excluding hydrogens is 292 g/mol. The molecule has 21 heavy (non-hydrogen) atoms. The zero-order valence-corrected chi connectivity index (χ0v) is 13.0. The average Bonchev–Trinajstić information content (AvgIpc) is 2.99. The zero-order chi connectivity index (χ0) is 15.6. The first-order valence-electron chi connectivity index (χ1n) is 6.83. The summed E-state index contributed by atoms with van der Waals surface area (Å²) in [5, 5.41) is 11.7. The zero-order valence-electron chi connectivity index (χ0n) is 12.2. The molecule has 2 heterocycles. The molecular formula is C13H20N4O3S. The van der Waals surface area contributed by atoms with Crippen LogP contribution in [0.3, 0.4) is 0 Å². The second-order valence-corrected chi connectivity index (χ2v) is 6.14. The minimum Gasteiger partial charge on any atom is -0.480 e. The molecule has 1 atom stereocenters. The third-order valence-electron chi connectivity index (χ3n) is 3.66. The number of nitrogens with two attached hydrogens (primary N) is 1. The van der Waals surface area contributed by atoms with Gasteiger partial charge in [-0.25, -0.2) is 4.98 Å². The number of amides is 1. The summed E-state index contributed by atoms with van der Waals surface area (Å²) >= 11 is 1.42. The van der Waals surface area contributed by atoms with Crippen LogP contribution in [-0.4, -0.2) is 52.0 Å². The van der Waals surface area contributed by atoms with Gasteiger partial charge in [0.25, 0.3) is 0 Å². The van der Waals surface area contributed by atoms with Crippen LogP contribution < -0.4 is 10.6 Å². The van der Waals surface area contributed by atoms with E-state index in [1.807, 2.05) is 17.2 Å². The van der Waals surface area contributed by atoms with Crippen molar-refractivity contribution in [2.45, 2.75) is 32.4 Å². The predicted molar refractivity (Wildman–Crippen MR) is 80.3 cm³/mol. The molecule has 0 bridgehead atoms. The Morgan fingerprint density at radius 2 is 2.33 bits per heavy atom. The molecule has 1 aliphatic heterocycles. The van der Waals surface area contributed by atoms with Gasteiger partial charge in [0.15, 0.2) is 5.13 Å². The summed E-state index contributed by atoms with van der Waals surface area (Å²) in [6.45, 7) is 5.51. The van der Waals surface area contributed by atoms with Crippen molar-refractivity contribution >= 4 is 28.3 Å². The highest BCUT2D eigenvalue weighted by Crippen LogP contribution is 2.24. The van der Waals surface area contributed by atoms with Crippen LogP contribution in [0.15, 0.2) is 5.38 Å². The van der Waals surface area contributed by atoms with E-state index in [0.29, 0.717) is 37.7 Å². The summed E-state index contributed by atoms with van der Waals surface area (Å²) in [5.41, 5.74) is 5.53. The number of carboxylic acid groups (broad SMARTS) is 1. The fourth-order valence-corrected chi connectivity index (χ4v) is 3.36. The molecule has 1 fully saturated rings. The van der Waals surface area contributed by atoms with E-state index in [2.05, 4.69) is 4.98 Å². The molecule has 3 N–H and O–H groups in total. The first-order valence-corrected chi connectivity index (χ1v) is 7.71. The van der Waals surface area contributed by atoms with Gasteiger partial charge in [0.05, 0.1) is 5.69 Å². The van der Waals surface area contributed by atoms with Crippen LogP contribution in [0.2, 0.25) is 0 Å². The van der Waals surface area contributed by atoms with Gasteiger partial charge in [-0.1, -0.05) is 0 Å². The minimum atomic E-state index is -1.16. The highest BCUT2D eigenvalue weighted by molar-refractivity contribution is 7.14. The lowest BCUT2D eigenvalue weighted by molar-refractivity contribution is -0.142. The number of likely N-dealkylation sites (tertiary alicyclic amines) is 1. The number of hydrogen-bond donors (Lipinski definition) is 2. The summed E-state index contributed by atoms with van der Waals surface area (Å²) < 4.78 is 0. The van der Waals surface area contributed by atoms with E-state index >= 15 is 0 Å². The average molecular weight is 312 g/mol.